The molecule has 18 heavy (non-hydrogen) atoms. The van der Waals surface area contributed by atoms with Crippen molar-refractivity contribution in [3.63, 3.8) is 0 Å². The monoisotopic (exact) mass is 251 g/mol. The third-order valence-electron chi connectivity index (χ3n) is 2.17. The van der Waals surface area contributed by atoms with Gasteiger partial charge in [0.25, 0.3) is 0 Å². The normalized spacial score (nSPS) is 10.7. The Balaban J connectivity index is 2.34. The average molecular weight is 251 g/mol. The number of aliphatic carboxylic acids is 1. The highest BCUT2D eigenvalue weighted by molar-refractivity contribution is 5.84. The quantitative estimate of drug-likeness (QED) is 0.565. The Bertz CT molecular complexity index is 386. The predicted molar refractivity (Wildman–Crippen MR) is 67.5 cm³/mol. The van der Waals surface area contributed by atoms with E-state index >= 15 is 0 Å². The summed E-state index contributed by atoms with van der Waals surface area (Å²) in [6.07, 6.45) is 5.95. The van der Waals surface area contributed by atoms with Crippen molar-refractivity contribution in [1.29, 1.82) is 0 Å². The minimum absolute atomic E-state index is 0.587. The highest BCUT2D eigenvalue weighted by atomic mass is 16.5. The van der Waals surface area contributed by atoms with Crippen molar-refractivity contribution in [2.45, 2.75) is 12.8 Å². The Morgan fingerprint density at radius 2 is 2.17 bits per heavy atom. The summed E-state index contributed by atoms with van der Waals surface area (Å²) in [6.45, 7) is 1.36. The van der Waals surface area contributed by atoms with Crippen LogP contribution in [0.25, 0.3) is 6.08 Å². The molecule has 0 aromatic carbocycles. The van der Waals surface area contributed by atoms with Gasteiger partial charge in [-0.3, -0.25) is 4.98 Å². The van der Waals surface area contributed by atoms with Crippen LogP contribution in [-0.4, -0.2) is 36.4 Å². The van der Waals surface area contributed by atoms with Crippen molar-refractivity contribution in [3.05, 3.63) is 30.1 Å². The zero-order valence-corrected chi connectivity index (χ0v) is 10.3. The summed E-state index contributed by atoms with van der Waals surface area (Å²) in [6, 6.07) is 3.48. The molecule has 0 spiro atoms. The molecule has 1 rings (SSSR count). The largest absolute Gasteiger partial charge is 0.492 e. The van der Waals surface area contributed by atoms with Crippen LogP contribution in [-0.2, 0) is 9.53 Å². The lowest BCUT2D eigenvalue weighted by molar-refractivity contribution is -0.131. The number of nitrogens with zero attached hydrogens (tertiary/aromatic N) is 1. The second-order valence-electron chi connectivity index (χ2n) is 3.64. The first-order valence-corrected chi connectivity index (χ1v) is 5.71. The van der Waals surface area contributed by atoms with Gasteiger partial charge in [-0.1, -0.05) is 0 Å². The number of hydrogen-bond acceptors (Lipinski definition) is 4. The molecule has 5 nitrogen and oxygen atoms in total. The van der Waals surface area contributed by atoms with Crippen LogP contribution in [0, 0.1) is 0 Å². The molecule has 0 fully saturated rings. The molecule has 5 heteroatoms. The molecule has 0 aliphatic heterocycles. The molecule has 0 amide bonds. The third-order valence-corrected chi connectivity index (χ3v) is 2.17. The Kier molecular flexibility index (Phi) is 6.50. The van der Waals surface area contributed by atoms with Crippen molar-refractivity contribution in [2.75, 3.05) is 20.3 Å². The molecule has 0 atom stereocenters. The van der Waals surface area contributed by atoms with Crippen LogP contribution in [0.15, 0.2) is 24.4 Å². The van der Waals surface area contributed by atoms with Crippen LogP contribution in [0.5, 0.6) is 5.75 Å². The van der Waals surface area contributed by atoms with Gasteiger partial charge >= 0.3 is 5.97 Å². The van der Waals surface area contributed by atoms with E-state index in [1.54, 1.807) is 25.4 Å². The summed E-state index contributed by atoms with van der Waals surface area (Å²) < 4.78 is 10.4. The maximum Gasteiger partial charge on any atom is 0.328 e. The highest BCUT2D eigenvalue weighted by Crippen LogP contribution is 2.10. The van der Waals surface area contributed by atoms with E-state index in [2.05, 4.69) is 4.98 Å². The number of carboxylic acids is 1. The minimum atomic E-state index is -0.990. The molecule has 1 aromatic heterocycles. The summed E-state index contributed by atoms with van der Waals surface area (Å²) >= 11 is 0. The second kappa shape index (κ2) is 8.25. The van der Waals surface area contributed by atoms with Gasteiger partial charge in [-0.2, -0.15) is 0 Å². The molecule has 0 saturated carbocycles. The molecule has 98 valence electrons. The lowest BCUT2D eigenvalue weighted by atomic mass is 10.3. The van der Waals surface area contributed by atoms with Gasteiger partial charge in [-0.15, -0.1) is 0 Å². The van der Waals surface area contributed by atoms with Crippen molar-refractivity contribution >= 4 is 12.0 Å². The first kappa shape index (κ1) is 14.2. The van der Waals surface area contributed by atoms with Gasteiger partial charge < -0.3 is 14.6 Å². The van der Waals surface area contributed by atoms with E-state index in [4.69, 9.17) is 14.6 Å². The van der Waals surface area contributed by atoms with Crippen LogP contribution >= 0.6 is 0 Å². The van der Waals surface area contributed by atoms with Gasteiger partial charge in [-0.25, -0.2) is 4.79 Å². The van der Waals surface area contributed by atoms with E-state index in [0.717, 1.165) is 25.5 Å². The lowest BCUT2D eigenvalue weighted by Crippen LogP contribution is -2.00. The highest BCUT2D eigenvalue weighted by Gasteiger charge is 1.96. The third kappa shape index (κ3) is 6.00. The van der Waals surface area contributed by atoms with E-state index < -0.39 is 5.97 Å². The molecule has 0 saturated heterocycles. The number of methoxy groups -OCH3 is 1. The molecule has 0 unspecified atom stereocenters. The zero-order valence-electron chi connectivity index (χ0n) is 10.3. The van der Waals surface area contributed by atoms with Crippen LogP contribution in [0.1, 0.15) is 18.5 Å². The molecule has 1 N–H and O–H groups in total. The number of rotatable bonds is 8. The molecule has 0 radical (unpaired) electrons. The summed E-state index contributed by atoms with van der Waals surface area (Å²) in [5.41, 5.74) is 0.587. The first-order chi connectivity index (χ1) is 8.72. The number of carboxylic acid groups (broad SMARTS) is 1. The number of carbonyl (C=O) groups is 1. The van der Waals surface area contributed by atoms with Gasteiger partial charge in [0, 0.05) is 19.8 Å². The second-order valence-corrected chi connectivity index (χ2v) is 3.64. The van der Waals surface area contributed by atoms with Crippen molar-refractivity contribution in [1.82, 2.24) is 4.98 Å². The average Bonchev–Trinajstić information content (AvgIpc) is 2.37. The smallest absolute Gasteiger partial charge is 0.328 e. The fourth-order valence-electron chi connectivity index (χ4n) is 1.27. The topological polar surface area (TPSA) is 68.7 Å². The standard InChI is InChI=1S/C13H17NO4/c1-17-8-2-3-9-18-12-6-4-11(14-10-12)5-7-13(15)16/h4-7,10H,2-3,8-9H2,1H3,(H,15,16)/b7-5+. The summed E-state index contributed by atoms with van der Waals surface area (Å²) in [5.74, 6) is -0.310. The number of hydrogen-bond donors (Lipinski definition) is 1. The van der Waals surface area contributed by atoms with Crippen molar-refractivity contribution in [2.24, 2.45) is 0 Å². The van der Waals surface area contributed by atoms with Crippen LogP contribution < -0.4 is 4.74 Å². The molecular formula is C13H17NO4. The molecular weight excluding hydrogens is 234 g/mol. The first-order valence-electron chi connectivity index (χ1n) is 5.71. The Morgan fingerprint density at radius 3 is 2.78 bits per heavy atom. The van der Waals surface area contributed by atoms with Gasteiger partial charge in [0.05, 0.1) is 18.5 Å². The molecule has 1 heterocycles. The number of pyridine rings is 1. The van der Waals surface area contributed by atoms with E-state index in [-0.39, 0.29) is 0 Å². The maximum atomic E-state index is 10.3. The summed E-state index contributed by atoms with van der Waals surface area (Å²) in [4.78, 5) is 14.4. The Labute approximate surface area is 106 Å². The van der Waals surface area contributed by atoms with Crippen LogP contribution in [0.2, 0.25) is 0 Å². The SMILES string of the molecule is COCCCCOc1ccc(/C=C/C(=O)O)nc1. The molecule has 0 aliphatic carbocycles. The van der Waals surface area contributed by atoms with Gasteiger partial charge in [-0.05, 0) is 31.1 Å². The van der Waals surface area contributed by atoms with E-state index in [0.29, 0.717) is 18.1 Å². The predicted octanol–water partition coefficient (Wildman–Crippen LogP) is 1.98. The number of aromatic nitrogens is 1. The van der Waals surface area contributed by atoms with Crippen LogP contribution in [0.4, 0.5) is 0 Å². The Hall–Kier alpha value is -1.88. The fraction of sp³-hybridized carbons (Fsp3) is 0.385. The lowest BCUT2D eigenvalue weighted by Gasteiger charge is -2.05. The maximum absolute atomic E-state index is 10.3. The zero-order chi connectivity index (χ0) is 13.2. The van der Waals surface area contributed by atoms with Crippen molar-refractivity contribution in [3.8, 4) is 5.75 Å². The van der Waals surface area contributed by atoms with Gasteiger partial charge in [0.2, 0.25) is 0 Å². The summed E-state index contributed by atoms with van der Waals surface area (Å²) in [5, 5.41) is 8.47. The molecule has 1 aromatic rings. The fourth-order valence-corrected chi connectivity index (χ4v) is 1.27. The van der Waals surface area contributed by atoms with E-state index in [1.807, 2.05) is 0 Å². The minimum Gasteiger partial charge on any atom is -0.492 e. The molecule has 0 bridgehead atoms. The molecule has 0 aliphatic rings. The summed E-state index contributed by atoms with van der Waals surface area (Å²) in [7, 11) is 1.67. The van der Waals surface area contributed by atoms with E-state index in [9.17, 15) is 4.79 Å². The number of unbranched alkanes of at least 4 members (excludes halogenated alkanes) is 1. The van der Waals surface area contributed by atoms with Gasteiger partial charge in [0.1, 0.15) is 5.75 Å². The Morgan fingerprint density at radius 1 is 1.39 bits per heavy atom. The van der Waals surface area contributed by atoms with Crippen LogP contribution in [0.3, 0.4) is 0 Å². The van der Waals surface area contributed by atoms with Crippen molar-refractivity contribution < 1.29 is 19.4 Å². The van der Waals surface area contributed by atoms with E-state index in [1.165, 1.54) is 6.08 Å². The number of ether oxygens (including phenoxy) is 2. The van der Waals surface area contributed by atoms with Gasteiger partial charge in [0.15, 0.2) is 0 Å².